The predicted molar refractivity (Wildman–Crippen MR) is 60.6 cm³/mol. The summed E-state index contributed by atoms with van der Waals surface area (Å²) in [4.78, 5) is 3.70. The molecule has 6 heteroatoms. The lowest BCUT2D eigenvalue weighted by atomic mass is 10.2. The first-order chi connectivity index (χ1) is 6.06. The number of rotatable bonds is 2. The smallest absolute Gasteiger partial charge is 0.281 e. The Balaban J connectivity index is 3.27. The number of nitrogens with zero attached hydrogens (tertiary/aromatic N) is 1. The van der Waals surface area contributed by atoms with Crippen LogP contribution in [-0.4, -0.2) is 10.1 Å². The molecule has 72 valence electrons. The van der Waals surface area contributed by atoms with Crippen molar-refractivity contribution in [1.82, 2.24) is 4.98 Å². The van der Waals surface area contributed by atoms with Gasteiger partial charge in [-0.3, -0.25) is 0 Å². The van der Waals surface area contributed by atoms with Gasteiger partial charge in [0.05, 0.1) is 6.61 Å². The molecule has 1 aromatic rings. The first-order valence-corrected chi connectivity index (χ1v) is 5.45. The highest BCUT2D eigenvalue weighted by Gasteiger charge is 2.16. The fourth-order valence-corrected chi connectivity index (χ4v) is 2.15. The molecule has 0 saturated heterocycles. The lowest BCUT2D eigenvalue weighted by molar-refractivity contribution is 0.144. The number of aromatic nitrogens is 1. The predicted octanol–water partition coefficient (Wildman–Crippen LogP) is 2.72. The molecule has 0 saturated carbocycles. The summed E-state index contributed by atoms with van der Waals surface area (Å²) >= 11 is 3.61. The van der Waals surface area contributed by atoms with E-state index in [4.69, 9.17) is 5.11 Å². The van der Waals surface area contributed by atoms with E-state index < -0.39 is 6.43 Å². The van der Waals surface area contributed by atoms with Crippen LogP contribution in [0.15, 0.2) is 6.07 Å². The molecule has 2 nitrogen and oxygen atoms in total. The average Bonchev–Trinajstić information content (AvgIpc) is 2.08. The van der Waals surface area contributed by atoms with Crippen molar-refractivity contribution in [3.05, 3.63) is 24.6 Å². The van der Waals surface area contributed by atoms with Crippen LogP contribution < -0.4 is 0 Å². The zero-order valence-corrected chi connectivity index (χ0v) is 10.6. The summed E-state index contributed by atoms with van der Waals surface area (Å²) in [6.45, 7) is -0.240. The van der Waals surface area contributed by atoms with Crippen molar-refractivity contribution in [2.24, 2.45) is 0 Å². The SMILES string of the molecule is OCc1cc(I)nc(C(F)F)c1I. The van der Waals surface area contributed by atoms with Gasteiger partial charge in [-0.25, -0.2) is 13.8 Å². The number of hydrogen-bond donors (Lipinski definition) is 1. The fourth-order valence-electron chi connectivity index (χ4n) is 0.828. The molecule has 1 heterocycles. The van der Waals surface area contributed by atoms with E-state index in [0.29, 0.717) is 12.8 Å². The van der Waals surface area contributed by atoms with Crippen LogP contribution in [-0.2, 0) is 6.61 Å². The standard InChI is InChI=1S/C7H5F2I2NO/c8-7(9)6-5(11)3(2-13)1-4(10)12-6/h1,7,13H,2H2. The van der Waals surface area contributed by atoms with Crippen LogP contribution in [0.25, 0.3) is 0 Å². The van der Waals surface area contributed by atoms with Crippen LogP contribution in [0.1, 0.15) is 17.7 Å². The molecule has 0 aliphatic rings. The molecule has 0 aromatic carbocycles. The topological polar surface area (TPSA) is 33.1 Å². The van der Waals surface area contributed by atoms with Gasteiger partial charge in [-0.1, -0.05) is 0 Å². The monoisotopic (exact) mass is 411 g/mol. The van der Waals surface area contributed by atoms with Crippen LogP contribution in [0.2, 0.25) is 0 Å². The van der Waals surface area contributed by atoms with Gasteiger partial charge in [0.15, 0.2) is 0 Å². The van der Waals surface area contributed by atoms with Gasteiger partial charge in [-0.05, 0) is 56.8 Å². The maximum absolute atomic E-state index is 12.4. The van der Waals surface area contributed by atoms with Crippen LogP contribution in [0.4, 0.5) is 8.78 Å². The molecule has 0 fully saturated rings. The third-order valence-corrected chi connectivity index (χ3v) is 3.20. The molecule has 0 amide bonds. The van der Waals surface area contributed by atoms with E-state index in [9.17, 15) is 8.78 Å². The summed E-state index contributed by atoms with van der Waals surface area (Å²) in [5.74, 6) is 0. The van der Waals surface area contributed by atoms with Crippen LogP contribution in [0.5, 0.6) is 0 Å². The molecular weight excluding hydrogens is 406 g/mol. The number of hydrogen-bond acceptors (Lipinski definition) is 2. The summed E-state index contributed by atoms with van der Waals surface area (Å²) in [5.41, 5.74) is 0.242. The van der Waals surface area contributed by atoms with Gasteiger partial charge >= 0.3 is 0 Å². The van der Waals surface area contributed by atoms with Gasteiger partial charge in [0, 0.05) is 3.57 Å². The molecule has 1 rings (SSSR count). The Morgan fingerprint density at radius 1 is 1.46 bits per heavy atom. The zero-order chi connectivity index (χ0) is 10.0. The zero-order valence-electron chi connectivity index (χ0n) is 6.27. The summed E-state index contributed by atoms with van der Waals surface area (Å²) in [5, 5.41) is 8.87. The fraction of sp³-hybridized carbons (Fsp3) is 0.286. The molecule has 0 spiro atoms. The summed E-state index contributed by atoms with van der Waals surface area (Å²) in [6, 6.07) is 1.59. The molecule has 0 aliphatic carbocycles. The maximum atomic E-state index is 12.4. The molecular formula is C7H5F2I2NO. The first kappa shape index (κ1) is 11.5. The number of alkyl halides is 2. The number of aliphatic hydroxyl groups excluding tert-OH is 1. The van der Waals surface area contributed by atoms with Crippen molar-refractivity contribution in [2.45, 2.75) is 13.0 Å². The van der Waals surface area contributed by atoms with Gasteiger partial charge in [0.25, 0.3) is 6.43 Å². The van der Waals surface area contributed by atoms with Crippen molar-refractivity contribution in [1.29, 1.82) is 0 Å². The largest absolute Gasteiger partial charge is 0.392 e. The normalized spacial score (nSPS) is 10.9. The highest BCUT2D eigenvalue weighted by atomic mass is 127. The Hall–Kier alpha value is 0.430. The molecule has 1 aromatic heterocycles. The van der Waals surface area contributed by atoms with Gasteiger partial charge < -0.3 is 5.11 Å². The van der Waals surface area contributed by atoms with Crippen LogP contribution in [0.3, 0.4) is 0 Å². The molecule has 1 N–H and O–H groups in total. The Morgan fingerprint density at radius 3 is 2.54 bits per heavy atom. The number of halogens is 4. The molecule has 0 atom stereocenters. The first-order valence-electron chi connectivity index (χ1n) is 3.30. The van der Waals surface area contributed by atoms with Gasteiger partial charge in [0.1, 0.15) is 9.39 Å². The lowest BCUT2D eigenvalue weighted by Gasteiger charge is -2.07. The molecule has 0 aliphatic heterocycles. The van der Waals surface area contributed by atoms with Crippen LogP contribution in [0, 0.1) is 7.27 Å². The second-order valence-corrected chi connectivity index (χ2v) is 4.45. The minimum Gasteiger partial charge on any atom is -0.392 e. The van der Waals surface area contributed by atoms with E-state index in [1.807, 2.05) is 22.6 Å². The van der Waals surface area contributed by atoms with Gasteiger partial charge in [0.2, 0.25) is 0 Å². The third-order valence-electron chi connectivity index (χ3n) is 1.40. The minimum atomic E-state index is -2.59. The lowest BCUT2D eigenvalue weighted by Crippen LogP contribution is -2.01. The second-order valence-electron chi connectivity index (χ2n) is 2.26. The van der Waals surface area contributed by atoms with Crippen molar-refractivity contribution >= 4 is 45.2 Å². The number of pyridine rings is 1. The minimum absolute atomic E-state index is 0.240. The Bertz CT molecular complexity index is 320. The van der Waals surface area contributed by atoms with Crippen LogP contribution >= 0.6 is 45.2 Å². The maximum Gasteiger partial charge on any atom is 0.281 e. The van der Waals surface area contributed by atoms with Crippen molar-refractivity contribution in [3.63, 3.8) is 0 Å². The van der Waals surface area contributed by atoms with E-state index in [2.05, 4.69) is 4.98 Å². The molecule has 0 radical (unpaired) electrons. The van der Waals surface area contributed by atoms with E-state index in [0.717, 1.165) is 0 Å². The molecule has 13 heavy (non-hydrogen) atoms. The third kappa shape index (κ3) is 2.69. The second kappa shape index (κ2) is 4.78. The van der Waals surface area contributed by atoms with E-state index in [1.165, 1.54) is 0 Å². The highest BCUT2D eigenvalue weighted by Crippen LogP contribution is 2.26. The Labute approximate surface area is 101 Å². The van der Waals surface area contributed by atoms with Gasteiger partial charge in [-0.2, -0.15) is 0 Å². The molecule has 0 bridgehead atoms. The average molecular weight is 411 g/mol. The van der Waals surface area contributed by atoms with E-state index in [-0.39, 0.29) is 12.3 Å². The number of aliphatic hydroxyl groups is 1. The van der Waals surface area contributed by atoms with Crippen molar-refractivity contribution in [3.8, 4) is 0 Å². The Kier molecular flexibility index (Phi) is 4.23. The summed E-state index contributed by atoms with van der Waals surface area (Å²) < 4.78 is 25.6. The van der Waals surface area contributed by atoms with Crippen molar-refractivity contribution < 1.29 is 13.9 Å². The summed E-state index contributed by atoms with van der Waals surface area (Å²) in [7, 11) is 0. The van der Waals surface area contributed by atoms with E-state index >= 15 is 0 Å². The van der Waals surface area contributed by atoms with E-state index in [1.54, 1.807) is 28.7 Å². The van der Waals surface area contributed by atoms with Gasteiger partial charge in [-0.15, -0.1) is 0 Å². The highest BCUT2D eigenvalue weighted by molar-refractivity contribution is 14.1. The quantitative estimate of drug-likeness (QED) is 0.600. The summed E-state index contributed by atoms with van der Waals surface area (Å²) in [6.07, 6.45) is -2.59. The van der Waals surface area contributed by atoms with Crippen molar-refractivity contribution in [2.75, 3.05) is 0 Å². The Morgan fingerprint density at radius 2 is 2.08 bits per heavy atom. The molecule has 0 unspecified atom stereocenters.